The Labute approximate surface area is 245 Å². The third kappa shape index (κ3) is 7.50. The second kappa shape index (κ2) is 13.1. The van der Waals surface area contributed by atoms with E-state index < -0.39 is 16.3 Å². The first-order valence-electron chi connectivity index (χ1n) is 15.4. The van der Waals surface area contributed by atoms with Gasteiger partial charge in [-0.15, -0.1) is 0 Å². The number of imide groups is 1. The van der Waals surface area contributed by atoms with Crippen molar-refractivity contribution in [1.82, 2.24) is 10.6 Å². The lowest BCUT2D eigenvalue weighted by Gasteiger charge is -2.50. The molecule has 0 heterocycles. The SMILES string of the molecule is CCCC(=O)NC(=O)[C@H](CC(C)C)NCCC[C@H]1C[C@H]2[C@@H]3CCc4cc(OS(N)(=O)=O)ccc4[C@H]3CC[C@]2(C)[C@H]1O. The van der Waals surface area contributed by atoms with Gasteiger partial charge in [-0.1, -0.05) is 33.8 Å². The van der Waals surface area contributed by atoms with E-state index in [4.69, 9.17) is 9.32 Å². The maximum Gasteiger partial charge on any atom is 0.380 e. The molecule has 5 N–H and O–H groups in total. The summed E-state index contributed by atoms with van der Waals surface area (Å²) in [5, 5.41) is 22.5. The topological polar surface area (TPSA) is 148 Å². The van der Waals surface area contributed by atoms with E-state index in [9.17, 15) is 23.1 Å². The van der Waals surface area contributed by atoms with Gasteiger partial charge < -0.3 is 14.6 Å². The van der Waals surface area contributed by atoms with Crippen LogP contribution in [-0.2, 0) is 26.3 Å². The third-order valence-electron chi connectivity index (χ3n) is 9.93. The number of carbonyl (C=O) groups is 2. The monoisotopic (exact) mass is 591 g/mol. The smallest absolute Gasteiger partial charge is 0.380 e. The molecule has 0 radical (unpaired) electrons. The van der Waals surface area contributed by atoms with Crippen molar-refractivity contribution in [1.29, 1.82) is 0 Å². The summed E-state index contributed by atoms with van der Waals surface area (Å²) in [6, 6.07) is 5.12. The standard InChI is InChI=1S/C31H49N3O6S/c1-5-7-28(35)34-30(37)27(16-19(2)3)33-15-6-8-21-18-26-25-11-9-20-17-22(40-41(32,38)39)10-12-23(20)24(25)13-14-31(26,4)29(21)36/h10,12,17,19,21,24-27,29,33,36H,5-9,11,13-16,18H2,1-4H3,(H2,32,38,39)(H,34,35,37)/t21-,24+,25+,26-,27-,29-,31-/m0/s1. The van der Waals surface area contributed by atoms with Crippen molar-refractivity contribution in [3.05, 3.63) is 29.3 Å². The van der Waals surface area contributed by atoms with Crippen molar-refractivity contribution < 1.29 is 27.3 Å². The Hall–Kier alpha value is -2.01. The molecule has 0 saturated heterocycles. The largest absolute Gasteiger partial charge is 0.392 e. The minimum atomic E-state index is -4.06. The van der Waals surface area contributed by atoms with Gasteiger partial charge in [0.2, 0.25) is 11.8 Å². The molecule has 3 aliphatic carbocycles. The van der Waals surface area contributed by atoms with Gasteiger partial charge in [0.1, 0.15) is 5.75 Å². The van der Waals surface area contributed by atoms with Crippen LogP contribution in [-0.4, -0.2) is 44.0 Å². The third-order valence-corrected chi connectivity index (χ3v) is 10.4. The van der Waals surface area contributed by atoms with Gasteiger partial charge in [0, 0.05) is 6.42 Å². The molecule has 4 rings (SSSR count). The summed E-state index contributed by atoms with van der Waals surface area (Å²) in [6.45, 7) is 8.99. The second-order valence-corrected chi connectivity index (χ2v) is 14.4. The number of aliphatic hydroxyl groups excluding tert-OH is 1. The fraction of sp³-hybridized carbons (Fsp3) is 0.742. The highest BCUT2D eigenvalue weighted by atomic mass is 32.2. The molecule has 3 aliphatic rings. The van der Waals surface area contributed by atoms with Crippen LogP contribution in [0.4, 0.5) is 0 Å². The molecule has 2 amide bonds. The first-order valence-corrected chi connectivity index (χ1v) is 16.9. The van der Waals surface area contributed by atoms with Gasteiger partial charge in [-0.2, -0.15) is 13.6 Å². The van der Waals surface area contributed by atoms with Crippen LogP contribution in [0.25, 0.3) is 0 Å². The lowest BCUT2D eigenvalue weighted by Crippen LogP contribution is -2.47. The van der Waals surface area contributed by atoms with Gasteiger partial charge in [0.05, 0.1) is 12.1 Å². The first kappa shape index (κ1) is 31.9. The van der Waals surface area contributed by atoms with Gasteiger partial charge in [-0.3, -0.25) is 14.9 Å². The van der Waals surface area contributed by atoms with E-state index in [0.717, 1.165) is 50.5 Å². The van der Waals surface area contributed by atoms with Crippen LogP contribution in [0, 0.1) is 29.1 Å². The minimum Gasteiger partial charge on any atom is -0.392 e. The summed E-state index contributed by atoms with van der Waals surface area (Å²) in [7, 11) is -4.06. The number of aryl methyl sites for hydroxylation is 1. The first-order chi connectivity index (χ1) is 19.3. The zero-order valence-corrected chi connectivity index (χ0v) is 25.8. The van der Waals surface area contributed by atoms with Crippen molar-refractivity contribution in [2.24, 2.45) is 34.2 Å². The normalized spacial score (nSPS) is 29.8. The summed E-state index contributed by atoms with van der Waals surface area (Å²) in [5.74, 6) is 1.66. The van der Waals surface area contributed by atoms with Crippen molar-refractivity contribution in [3.8, 4) is 5.75 Å². The number of carbonyl (C=O) groups excluding carboxylic acids is 2. The Balaban J connectivity index is 1.35. The predicted octanol–water partition coefficient (Wildman–Crippen LogP) is 3.94. The zero-order chi connectivity index (χ0) is 29.9. The van der Waals surface area contributed by atoms with Crippen molar-refractivity contribution in [3.63, 3.8) is 0 Å². The van der Waals surface area contributed by atoms with Gasteiger partial charge in [0.15, 0.2) is 0 Å². The van der Waals surface area contributed by atoms with Gasteiger partial charge >= 0.3 is 10.3 Å². The molecule has 0 unspecified atom stereocenters. The Morgan fingerprint density at radius 2 is 2.00 bits per heavy atom. The maximum absolute atomic E-state index is 12.7. The number of aliphatic hydroxyl groups is 1. The molecule has 0 spiro atoms. The Kier molecular flexibility index (Phi) is 10.2. The molecule has 10 heteroatoms. The molecule has 7 atom stereocenters. The van der Waals surface area contributed by atoms with E-state index in [0.29, 0.717) is 49.5 Å². The van der Waals surface area contributed by atoms with Crippen molar-refractivity contribution >= 4 is 22.1 Å². The minimum absolute atomic E-state index is 0.104. The van der Waals surface area contributed by atoms with Crippen LogP contribution in [0.3, 0.4) is 0 Å². The molecule has 2 fully saturated rings. The van der Waals surface area contributed by atoms with Gasteiger partial charge in [0.25, 0.3) is 0 Å². The summed E-state index contributed by atoms with van der Waals surface area (Å²) in [6.07, 6.45) is 7.97. The molecule has 2 saturated carbocycles. The zero-order valence-electron chi connectivity index (χ0n) is 25.0. The second-order valence-electron chi connectivity index (χ2n) is 13.3. The number of hydrogen-bond donors (Lipinski definition) is 4. The Bertz CT molecular complexity index is 1200. The summed E-state index contributed by atoms with van der Waals surface area (Å²) < 4.78 is 27.7. The Morgan fingerprint density at radius 1 is 1.24 bits per heavy atom. The highest BCUT2D eigenvalue weighted by Gasteiger charge is 2.57. The molecule has 9 nitrogen and oxygen atoms in total. The number of hydrogen-bond acceptors (Lipinski definition) is 7. The number of nitrogens with one attached hydrogen (secondary N) is 2. The molecule has 230 valence electrons. The summed E-state index contributed by atoms with van der Waals surface area (Å²) in [5.41, 5.74) is 2.31. The lowest BCUT2D eigenvalue weighted by atomic mass is 9.55. The fourth-order valence-corrected chi connectivity index (χ4v) is 8.45. The predicted molar refractivity (Wildman–Crippen MR) is 158 cm³/mol. The molecule has 0 bridgehead atoms. The lowest BCUT2D eigenvalue weighted by molar-refractivity contribution is -0.131. The number of amides is 2. The number of nitrogens with two attached hydrogens (primary N) is 1. The Morgan fingerprint density at radius 3 is 2.68 bits per heavy atom. The van der Waals surface area contributed by atoms with Crippen LogP contribution in [0.1, 0.15) is 103 Å². The molecule has 1 aromatic carbocycles. The quantitative estimate of drug-likeness (QED) is 0.269. The van der Waals surface area contributed by atoms with E-state index in [1.54, 1.807) is 6.07 Å². The van der Waals surface area contributed by atoms with E-state index in [1.807, 2.05) is 19.1 Å². The van der Waals surface area contributed by atoms with Crippen LogP contribution in [0.5, 0.6) is 5.75 Å². The highest BCUT2D eigenvalue weighted by Crippen LogP contribution is 2.62. The molecule has 0 aromatic heterocycles. The van der Waals surface area contributed by atoms with Crippen LogP contribution in [0.2, 0.25) is 0 Å². The maximum atomic E-state index is 12.7. The van der Waals surface area contributed by atoms with E-state index >= 15 is 0 Å². The number of fused-ring (bicyclic) bond motifs is 5. The van der Waals surface area contributed by atoms with Gasteiger partial charge in [-0.05, 0) is 123 Å². The van der Waals surface area contributed by atoms with Crippen LogP contribution in [0.15, 0.2) is 18.2 Å². The molecular weight excluding hydrogens is 542 g/mol. The highest BCUT2D eigenvalue weighted by molar-refractivity contribution is 7.84. The van der Waals surface area contributed by atoms with Crippen molar-refractivity contribution in [2.45, 2.75) is 110 Å². The van der Waals surface area contributed by atoms with Gasteiger partial charge in [-0.25, -0.2) is 0 Å². The summed E-state index contributed by atoms with van der Waals surface area (Å²) in [4.78, 5) is 24.7. The average molecular weight is 592 g/mol. The molecule has 0 aliphatic heterocycles. The molecule has 41 heavy (non-hydrogen) atoms. The number of benzene rings is 1. The van der Waals surface area contributed by atoms with Crippen LogP contribution >= 0.6 is 0 Å². The van der Waals surface area contributed by atoms with Crippen LogP contribution < -0.4 is 20.0 Å². The average Bonchev–Trinajstić information content (AvgIpc) is 3.14. The number of rotatable bonds is 12. The van der Waals surface area contributed by atoms with E-state index in [2.05, 4.69) is 31.4 Å². The fourth-order valence-electron chi connectivity index (χ4n) is 8.08. The molecule has 1 aromatic rings. The molecular formula is C31H49N3O6S. The van der Waals surface area contributed by atoms with Crippen molar-refractivity contribution in [2.75, 3.05) is 6.54 Å². The van der Waals surface area contributed by atoms with E-state index in [-0.39, 0.29) is 35.0 Å². The van der Waals surface area contributed by atoms with E-state index in [1.165, 1.54) is 5.56 Å². The summed E-state index contributed by atoms with van der Waals surface area (Å²) >= 11 is 0.